The summed E-state index contributed by atoms with van der Waals surface area (Å²) < 4.78 is 10.8. The molecule has 0 radical (unpaired) electrons. The van der Waals surface area contributed by atoms with Crippen LogP contribution < -0.4 is 9.47 Å². The Morgan fingerprint density at radius 1 is 0.575 bits per heavy atom. The van der Waals surface area contributed by atoms with E-state index in [1.54, 1.807) is 24.3 Å². The van der Waals surface area contributed by atoms with Crippen LogP contribution in [0.15, 0.2) is 97.1 Å². The second kappa shape index (κ2) is 12.0. The predicted octanol–water partition coefficient (Wildman–Crippen LogP) is 6.73. The Bertz CT molecular complexity index is 1410. The van der Waals surface area contributed by atoms with Gasteiger partial charge >= 0.3 is 11.9 Å². The van der Waals surface area contributed by atoms with Crippen LogP contribution in [-0.4, -0.2) is 21.8 Å². The Morgan fingerprint density at radius 3 is 1.18 bits per heavy atom. The fourth-order valence-corrected chi connectivity index (χ4v) is 4.22. The SMILES string of the molecule is CC(C)C(c1ccc(OC(=O)c2ccc([N+](=O)[O-])cc2)cc1)c1ccc(OC(=O)c2ccc([N+](=O)[O-])cc2)cc1. The average Bonchev–Trinajstić information content (AvgIpc) is 2.95. The maximum Gasteiger partial charge on any atom is 0.343 e. The van der Waals surface area contributed by atoms with Gasteiger partial charge in [0.2, 0.25) is 0 Å². The molecular formula is C30H24N2O8. The minimum absolute atomic E-state index is 0.00107. The molecule has 0 amide bonds. The highest BCUT2D eigenvalue weighted by atomic mass is 16.6. The Morgan fingerprint density at radius 2 is 0.900 bits per heavy atom. The first-order valence-electron chi connectivity index (χ1n) is 12.3. The number of non-ortho nitro benzene ring substituents is 2. The lowest BCUT2D eigenvalue weighted by Gasteiger charge is -2.22. The molecule has 0 aromatic heterocycles. The van der Waals surface area contributed by atoms with Gasteiger partial charge in [-0.25, -0.2) is 9.59 Å². The number of ether oxygens (including phenoxy) is 2. The van der Waals surface area contributed by atoms with E-state index >= 15 is 0 Å². The van der Waals surface area contributed by atoms with E-state index in [0.717, 1.165) is 11.1 Å². The summed E-state index contributed by atoms with van der Waals surface area (Å²) in [6.07, 6.45) is 0. The second-order valence-electron chi connectivity index (χ2n) is 9.25. The monoisotopic (exact) mass is 540 g/mol. The smallest absolute Gasteiger partial charge is 0.343 e. The number of carbonyl (C=O) groups excluding carboxylic acids is 2. The lowest BCUT2D eigenvalue weighted by Crippen LogP contribution is -2.11. The van der Waals surface area contributed by atoms with Crippen molar-refractivity contribution in [3.05, 3.63) is 140 Å². The summed E-state index contributed by atoms with van der Waals surface area (Å²) in [5.41, 5.74) is 2.14. The van der Waals surface area contributed by atoms with Gasteiger partial charge in [0.05, 0.1) is 21.0 Å². The normalized spacial score (nSPS) is 10.8. The molecule has 0 unspecified atom stereocenters. The van der Waals surface area contributed by atoms with E-state index in [0.29, 0.717) is 11.5 Å². The van der Waals surface area contributed by atoms with Crippen molar-refractivity contribution in [1.29, 1.82) is 0 Å². The summed E-state index contributed by atoms with van der Waals surface area (Å²) in [6, 6.07) is 24.6. The van der Waals surface area contributed by atoms with E-state index in [1.807, 2.05) is 24.3 Å². The molecule has 0 atom stereocenters. The standard InChI is InChI=1S/C30H24N2O8/c1-19(2)28(20-7-15-26(16-8-20)39-29(33)22-3-11-24(12-4-22)31(35)36)21-9-17-27(18-10-21)40-30(34)23-5-13-25(14-6-23)32(37)38/h3-19,28H,1-2H3. The zero-order valence-electron chi connectivity index (χ0n) is 21.6. The number of esters is 2. The number of carbonyl (C=O) groups is 2. The number of hydrogen-bond donors (Lipinski definition) is 0. The van der Waals surface area contributed by atoms with Gasteiger partial charge in [0.25, 0.3) is 11.4 Å². The summed E-state index contributed by atoms with van der Waals surface area (Å²) in [6.45, 7) is 4.16. The maximum atomic E-state index is 12.4. The third-order valence-electron chi connectivity index (χ3n) is 6.19. The largest absolute Gasteiger partial charge is 0.423 e. The fourth-order valence-electron chi connectivity index (χ4n) is 4.22. The van der Waals surface area contributed by atoms with Crippen molar-refractivity contribution in [2.45, 2.75) is 19.8 Å². The molecule has 4 aromatic rings. The Balaban J connectivity index is 1.43. The van der Waals surface area contributed by atoms with Crippen LogP contribution in [0.25, 0.3) is 0 Å². The van der Waals surface area contributed by atoms with E-state index in [4.69, 9.17) is 9.47 Å². The van der Waals surface area contributed by atoms with E-state index in [9.17, 15) is 29.8 Å². The summed E-state index contributed by atoms with van der Waals surface area (Å²) in [7, 11) is 0. The first-order valence-corrected chi connectivity index (χ1v) is 12.3. The molecule has 40 heavy (non-hydrogen) atoms. The minimum atomic E-state index is -0.623. The Labute approximate surface area is 229 Å². The molecule has 0 bridgehead atoms. The molecule has 0 saturated heterocycles. The number of hydrogen-bond acceptors (Lipinski definition) is 8. The van der Waals surface area contributed by atoms with Crippen LogP contribution in [0, 0.1) is 26.1 Å². The van der Waals surface area contributed by atoms with Crippen LogP contribution in [0.4, 0.5) is 11.4 Å². The average molecular weight is 541 g/mol. The number of benzene rings is 4. The maximum absolute atomic E-state index is 12.4. The van der Waals surface area contributed by atoms with Crippen molar-refractivity contribution in [2.24, 2.45) is 5.92 Å². The van der Waals surface area contributed by atoms with Crippen molar-refractivity contribution >= 4 is 23.3 Å². The molecule has 0 aliphatic carbocycles. The van der Waals surface area contributed by atoms with E-state index < -0.39 is 21.8 Å². The second-order valence-corrected chi connectivity index (χ2v) is 9.25. The third kappa shape index (κ3) is 6.54. The third-order valence-corrected chi connectivity index (χ3v) is 6.19. The lowest BCUT2D eigenvalue weighted by atomic mass is 9.82. The van der Waals surface area contributed by atoms with Gasteiger partial charge in [-0.3, -0.25) is 20.2 Å². The van der Waals surface area contributed by atoms with Gasteiger partial charge in [-0.1, -0.05) is 38.1 Å². The highest BCUT2D eigenvalue weighted by molar-refractivity contribution is 5.91. The number of nitro groups is 2. The highest BCUT2D eigenvalue weighted by Crippen LogP contribution is 2.34. The van der Waals surface area contributed by atoms with Gasteiger partial charge in [-0.05, 0) is 65.6 Å². The molecule has 10 heteroatoms. The van der Waals surface area contributed by atoms with Crippen LogP contribution in [0.3, 0.4) is 0 Å². The van der Waals surface area contributed by atoms with Gasteiger partial charge < -0.3 is 9.47 Å². The lowest BCUT2D eigenvalue weighted by molar-refractivity contribution is -0.385. The van der Waals surface area contributed by atoms with Crippen LogP contribution >= 0.6 is 0 Å². The Hall–Kier alpha value is -5.38. The molecule has 0 heterocycles. The van der Waals surface area contributed by atoms with Crippen LogP contribution in [-0.2, 0) is 0 Å². The predicted molar refractivity (Wildman–Crippen MR) is 146 cm³/mol. The van der Waals surface area contributed by atoms with Gasteiger partial charge in [-0.15, -0.1) is 0 Å². The molecule has 0 saturated carbocycles. The van der Waals surface area contributed by atoms with Gasteiger partial charge in [0.15, 0.2) is 0 Å². The fraction of sp³-hybridized carbons (Fsp3) is 0.133. The molecule has 202 valence electrons. The summed E-state index contributed by atoms with van der Waals surface area (Å²) in [5.74, 6) is -0.365. The molecule has 0 aliphatic rings. The van der Waals surface area contributed by atoms with Gasteiger partial charge in [-0.2, -0.15) is 0 Å². The molecule has 4 aromatic carbocycles. The van der Waals surface area contributed by atoms with Gasteiger partial charge in [0, 0.05) is 30.2 Å². The summed E-state index contributed by atoms with van der Waals surface area (Å²) in [4.78, 5) is 45.4. The molecule has 10 nitrogen and oxygen atoms in total. The highest BCUT2D eigenvalue weighted by Gasteiger charge is 2.20. The van der Waals surface area contributed by atoms with Crippen molar-refractivity contribution in [3.63, 3.8) is 0 Å². The molecule has 4 rings (SSSR count). The van der Waals surface area contributed by atoms with Crippen molar-refractivity contribution in [1.82, 2.24) is 0 Å². The topological polar surface area (TPSA) is 139 Å². The zero-order chi connectivity index (χ0) is 28.8. The summed E-state index contributed by atoms with van der Waals surface area (Å²) in [5, 5.41) is 21.6. The first kappa shape index (κ1) is 27.6. The van der Waals surface area contributed by atoms with E-state index in [1.165, 1.54) is 48.5 Å². The molecule has 0 N–H and O–H groups in total. The Kier molecular flexibility index (Phi) is 8.29. The minimum Gasteiger partial charge on any atom is -0.423 e. The van der Waals surface area contributed by atoms with Crippen molar-refractivity contribution < 1.29 is 28.9 Å². The van der Waals surface area contributed by atoms with E-state index in [2.05, 4.69) is 13.8 Å². The van der Waals surface area contributed by atoms with E-state index in [-0.39, 0.29) is 34.3 Å². The number of rotatable bonds is 9. The van der Waals surface area contributed by atoms with Crippen molar-refractivity contribution in [3.8, 4) is 11.5 Å². The first-order chi connectivity index (χ1) is 19.1. The molecule has 0 spiro atoms. The van der Waals surface area contributed by atoms with Gasteiger partial charge in [0.1, 0.15) is 11.5 Å². The molecular weight excluding hydrogens is 516 g/mol. The van der Waals surface area contributed by atoms with Crippen LogP contribution in [0.1, 0.15) is 51.6 Å². The van der Waals surface area contributed by atoms with Crippen LogP contribution in [0.2, 0.25) is 0 Å². The number of nitrogens with zero attached hydrogens (tertiary/aromatic N) is 2. The van der Waals surface area contributed by atoms with Crippen molar-refractivity contribution in [2.75, 3.05) is 0 Å². The molecule has 0 aliphatic heterocycles. The quantitative estimate of drug-likeness (QED) is 0.0985. The zero-order valence-corrected chi connectivity index (χ0v) is 21.6. The molecule has 0 fully saturated rings. The summed E-state index contributed by atoms with van der Waals surface area (Å²) >= 11 is 0. The van der Waals surface area contributed by atoms with Crippen LogP contribution in [0.5, 0.6) is 11.5 Å². The number of nitro benzene ring substituents is 2.